The van der Waals surface area contributed by atoms with Crippen molar-refractivity contribution in [3.05, 3.63) is 0 Å². The molecule has 4 aliphatic rings. The number of aliphatic hydroxyl groups is 2. The van der Waals surface area contributed by atoms with Gasteiger partial charge in [-0.2, -0.15) is 0 Å². The highest BCUT2D eigenvalue weighted by Gasteiger charge is 2.63. The SMILES string of the molecule is [2H]C1([2H])[C@@H](O)C[C@H]2CC[C@H]3[C@@H]4CC[C@H]([C@H](C)CCC(=O)O)[C@@]4(C)[C@@H](O)C[C@@H]3[C@@]2(C)C1([2H])[2H]. The molecule has 0 heterocycles. The Labute approximate surface area is 175 Å². The van der Waals surface area contributed by atoms with Crippen LogP contribution in [0.3, 0.4) is 0 Å². The van der Waals surface area contributed by atoms with Crippen molar-refractivity contribution in [3.63, 3.8) is 0 Å². The summed E-state index contributed by atoms with van der Waals surface area (Å²) in [5.41, 5.74) is -1.25. The van der Waals surface area contributed by atoms with E-state index in [0.717, 1.165) is 25.7 Å². The smallest absolute Gasteiger partial charge is 0.303 e. The molecule has 0 bridgehead atoms. The summed E-state index contributed by atoms with van der Waals surface area (Å²) in [5, 5.41) is 31.1. The molecule has 0 radical (unpaired) electrons. The summed E-state index contributed by atoms with van der Waals surface area (Å²) in [7, 11) is 0. The molecule has 4 fully saturated rings. The highest BCUT2D eigenvalue weighted by Crippen LogP contribution is 2.68. The fourth-order valence-corrected chi connectivity index (χ4v) is 8.04. The Balaban J connectivity index is 1.66. The molecule has 0 aromatic carbocycles. The monoisotopic (exact) mass is 396 g/mol. The standard InChI is InChI=1S/C24H40O4/c1-14(4-9-22(27)28)18-7-8-19-17-6-5-15-12-16(25)10-11-23(15,2)20(17)13-21(26)24(18,19)3/h14-21,25-26H,4-13H2,1-3H3,(H,27,28)/t14-,15-,16-,17+,18-,19+,20+,21+,23+,24-/m1/s1/i10D2,11D2. The molecule has 4 rings (SSSR count). The third-order valence-corrected chi connectivity index (χ3v) is 9.60. The molecule has 0 unspecified atom stereocenters. The first-order chi connectivity index (χ1) is 14.7. The Morgan fingerprint density at radius 3 is 2.61 bits per heavy atom. The van der Waals surface area contributed by atoms with E-state index in [0.29, 0.717) is 12.8 Å². The Hall–Kier alpha value is -0.610. The van der Waals surface area contributed by atoms with E-state index in [1.807, 2.05) is 6.92 Å². The Morgan fingerprint density at radius 2 is 1.89 bits per heavy atom. The van der Waals surface area contributed by atoms with Gasteiger partial charge in [-0.05, 0) is 104 Å². The highest BCUT2D eigenvalue weighted by molar-refractivity contribution is 5.66. The van der Waals surface area contributed by atoms with Crippen molar-refractivity contribution in [1.82, 2.24) is 0 Å². The van der Waals surface area contributed by atoms with Crippen LogP contribution in [0.5, 0.6) is 0 Å². The first-order valence-electron chi connectivity index (χ1n) is 13.3. The molecular weight excluding hydrogens is 352 g/mol. The van der Waals surface area contributed by atoms with Gasteiger partial charge in [0.15, 0.2) is 0 Å². The molecule has 4 aliphatic carbocycles. The molecule has 0 spiro atoms. The average Bonchev–Trinajstić information content (AvgIpc) is 3.06. The average molecular weight is 397 g/mol. The van der Waals surface area contributed by atoms with Gasteiger partial charge in [0.05, 0.1) is 12.2 Å². The Bertz CT molecular complexity index is 760. The predicted octanol–water partition coefficient (Wildman–Crippen LogP) is 4.48. The van der Waals surface area contributed by atoms with Crippen LogP contribution >= 0.6 is 0 Å². The number of carboxylic acids is 1. The first-order valence-corrected chi connectivity index (χ1v) is 11.3. The fourth-order valence-electron chi connectivity index (χ4n) is 8.04. The Kier molecular flexibility index (Phi) is 4.19. The van der Waals surface area contributed by atoms with Crippen LogP contribution in [0.4, 0.5) is 0 Å². The molecule has 10 atom stereocenters. The number of carboxylic acid groups (broad SMARTS) is 1. The Morgan fingerprint density at radius 1 is 1.14 bits per heavy atom. The number of aliphatic carboxylic acids is 1. The quantitative estimate of drug-likeness (QED) is 0.655. The van der Waals surface area contributed by atoms with Gasteiger partial charge in [-0.15, -0.1) is 0 Å². The number of hydrogen-bond donors (Lipinski definition) is 3. The van der Waals surface area contributed by atoms with E-state index in [1.54, 1.807) is 0 Å². The van der Waals surface area contributed by atoms with Gasteiger partial charge < -0.3 is 15.3 Å². The zero-order valence-corrected chi connectivity index (χ0v) is 17.5. The molecule has 4 saturated carbocycles. The zero-order valence-electron chi connectivity index (χ0n) is 21.5. The van der Waals surface area contributed by atoms with Crippen LogP contribution in [0.25, 0.3) is 0 Å². The summed E-state index contributed by atoms with van der Waals surface area (Å²) in [6, 6.07) is 0. The number of rotatable bonds is 4. The van der Waals surface area contributed by atoms with Crippen LogP contribution < -0.4 is 0 Å². The summed E-state index contributed by atoms with van der Waals surface area (Å²) in [4.78, 5) is 11.1. The van der Waals surface area contributed by atoms with Crippen LogP contribution in [0.2, 0.25) is 0 Å². The van der Waals surface area contributed by atoms with E-state index in [1.165, 1.54) is 0 Å². The van der Waals surface area contributed by atoms with Gasteiger partial charge in [-0.1, -0.05) is 20.8 Å². The van der Waals surface area contributed by atoms with E-state index in [4.69, 9.17) is 10.6 Å². The summed E-state index contributed by atoms with van der Waals surface area (Å²) in [6.45, 7) is 6.16. The molecule has 0 saturated heterocycles. The summed E-state index contributed by atoms with van der Waals surface area (Å²) in [6.07, 6.45) is -1.34. The van der Waals surface area contributed by atoms with Crippen LogP contribution in [0, 0.1) is 46.3 Å². The van der Waals surface area contributed by atoms with Gasteiger partial charge in [0, 0.05) is 11.9 Å². The maximum absolute atomic E-state index is 11.5. The first kappa shape index (κ1) is 16.1. The van der Waals surface area contributed by atoms with Crippen molar-refractivity contribution < 1.29 is 25.6 Å². The predicted molar refractivity (Wildman–Crippen MR) is 109 cm³/mol. The minimum absolute atomic E-state index is 0.0965. The lowest BCUT2D eigenvalue weighted by Gasteiger charge is -2.62. The van der Waals surface area contributed by atoms with Gasteiger partial charge in [0.1, 0.15) is 0 Å². The van der Waals surface area contributed by atoms with Crippen molar-refractivity contribution >= 4 is 5.97 Å². The second-order valence-electron chi connectivity index (χ2n) is 10.7. The summed E-state index contributed by atoms with van der Waals surface area (Å²) < 4.78 is 34.7. The highest BCUT2D eigenvalue weighted by atomic mass is 16.4. The third kappa shape index (κ3) is 3.05. The molecule has 4 heteroatoms. The fraction of sp³-hybridized carbons (Fsp3) is 0.958. The topological polar surface area (TPSA) is 77.8 Å². The zero-order chi connectivity index (χ0) is 23.9. The molecular formula is C24H40O4. The van der Waals surface area contributed by atoms with E-state index in [9.17, 15) is 15.0 Å². The number of fused-ring (bicyclic) bond motifs is 5. The van der Waals surface area contributed by atoms with Crippen molar-refractivity contribution in [3.8, 4) is 0 Å². The van der Waals surface area contributed by atoms with E-state index < -0.39 is 36.3 Å². The van der Waals surface area contributed by atoms with Crippen molar-refractivity contribution in [2.75, 3.05) is 0 Å². The van der Waals surface area contributed by atoms with Gasteiger partial charge in [0.2, 0.25) is 0 Å². The van der Waals surface area contributed by atoms with E-state index in [-0.39, 0.29) is 53.8 Å². The lowest BCUT2D eigenvalue weighted by molar-refractivity contribution is -0.175. The normalized spacial score (nSPS) is 57.4. The lowest BCUT2D eigenvalue weighted by Crippen LogP contribution is -2.58. The largest absolute Gasteiger partial charge is 0.481 e. The van der Waals surface area contributed by atoms with E-state index in [2.05, 4.69) is 13.8 Å². The van der Waals surface area contributed by atoms with E-state index >= 15 is 0 Å². The molecule has 0 amide bonds. The van der Waals surface area contributed by atoms with Crippen LogP contribution in [0.1, 0.15) is 90.4 Å². The number of carbonyl (C=O) groups is 1. The molecule has 0 aromatic heterocycles. The van der Waals surface area contributed by atoms with Crippen LogP contribution in [-0.4, -0.2) is 33.5 Å². The summed E-state index contributed by atoms with van der Waals surface area (Å²) >= 11 is 0. The lowest BCUT2D eigenvalue weighted by atomic mass is 9.43. The van der Waals surface area contributed by atoms with Crippen molar-refractivity contribution in [2.24, 2.45) is 46.3 Å². The van der Waals surface area contributed by atoms with Gasteiger partial charge in [-0.25, -0.2) is 0 Å². The molecule has 28 heavy (non-hydrogen) atoms. The maximum Gasteiger partial charge on any atom is 0.303 e. The third-order valence-electron chi connectivity index (χ3n) is 9.60. The van der Waals surface area contributed by atoms with Crippen LogP contribution in [0.15, 0.2) is 0 Å². The molecule has 0 aromatic rings. The molecule has 160 valence electrons. The molecule has 3 N–H and O–H groups in total. The summed E-state index contributed by atoms with van der Waals surface area (Å²) in [5.74, 6) is -0.111. The van der Waals surface area contributed by atoms with Crippen molar-refractivity contribution in [1.29, 1.82) is 0 Å². The van der Waals surface area contributed by atoms with Crippen molar-refractivity contribution in [2.45, 2.75) is 97.1 Å². The van der Waals surface area contributed by atoms with Crippen LogP contribution in [-0.2, 0) is 4.79 Å². The number of hydrogen-bond acceptors (Lipinski definition) is 3. The molecule has 4 nitrogen and oxygen atoms in total. The van der Waals surface area contributed by atoms with Gasteiger partial charge in [0.25, 0.3) is 0 Å². The number of aliphatic hydroxyl groups excluding tert-OH is 2. The second-order valence-corrected chi connectivity index (χ2v) is 10.7. The van der Waals surface area contributed by atoms with Gasteiger partial charge in [-0.3, -0.25) is 4.79 Å². The minimum Gasteiger partial charge on any atom is -0.481 e. The van der Waals surface area contributed by atoms with Gasteiger partial charge >= 0.3 is 5.97 Å². The second kappa shape index (κ2) is 7.27. The molecule has 0 aliphatic heterocycles. The maximum atomic E-state index is 11.5. The minimum atomic E-state index is -2.32.